The first-order valence-electron chi connectivity index (χ1n) is 5.56. The Balaban J connectivity index is 2.20. The largest absolute Gasteiger partial charge is 0.496 e. The van der Waals surface area contributed by atoms with Crippen LogP contribution in [0.2, 0.25) is 5.02 Å². The first-order chi connectivity index (χ1) is 8.60. The van der Waals surface area contributed by atoms with Gasteiger partial charge in [-0.1, -0.05) is 11.6 Å². The minimum atomic E-state index is 0.717. The molecular weight excluding hydrogens is 268 g/mol. The normalized spacial score (nSPS) is 10.4. The third kappa shape index (κ3) is 2.94. The maximum absolute atomic E-state index is 6.02. The fourth-order valence-electron chi connectivity index (χ4n) is 1.71. The summed E-state index contributed by atoms with van der Waals surface area (Å²) in [4.78, 5) is 7.65. The van der Waals surface area contributed by atoms with E-state index < -0.39 is 0 Å². The fraction of sp³-hybridized carbons (Fsp3) is 0.308. The lowest BCUT2D eigenvalue weighted by Gasteiger charge is -2.17. The van der Waals surface area contributed by atoms with Gasteiger partial charge >= 0.3 is 0 Å². The van der Waals surface area contributed by atoms with E-state index in [2.05, 4.69) is 16.8 Å². The molecule has 0 N–H and O–H groups in total. The van der Waals surface area contributed by atoms with Crippen LogP contribution < -0.4 is 9.64 Å². The van der Waals surface area contributed by atoms with Gasteiger partial charge in [-0.15, -0.1) is 11.3 Å². The van der Waals surface area contributed by atoms with Crippen LogP contribution in [0.5, 0.6) is 5.75 Å². The Morgan fingerprint density at radius 2 is 2.22 bits per heavy atom. The van der Waals surface area contributed by atoms with Gasteiger partial charge in [0, 0.05) is 35.3 Å². The zero-order valence-corrected chi connectivity index (χ0v) is 12.2. The van der Waals surface area contributed by atoms with Crippen LogP contribution in [0, 0.1) is 6.92 Å². The number of anilines is 1. The number of thiazole rings is 1. The smallest absolute Gasteiger partial charge is 0.185 e. The van der Waals surface area contributed by atoms with Gasteiger partial charge in [0.2, 0.25) is 0 Å². The number of methoxy groups -OCH3 is 1. The molecule has 0 amide bonds. The summed E-state index contributed by atoms with van der Waals surface area (Å²) in [5, 5.41) is 1.71. The Morgan fingerprint density at radius 1 is 1.44 bits per heavy atom. The second-order valence-electron chi connectivity index (χ2n) is 4.07. The topological polar surface area (TPSA) is 25.4 Å². The maximum Gasteiger partial charge on any atom is 0.185 e. The number of halogens is 1. The summed E-state index contributed by atoms with van der Waals surface area (Å²) >= 11 is 7.69. The minimum Gasteiger partial charge on any atom is -0.496 e. The third-order valence-corrected chi connectivity index (χ3v) is 3.85. The molecule has 1 heterocycles. The van der Waals surface area contributed by atoms with Gasteiger partial charge in [-0.3, -0.25) is 0 Å². The molecule has 0 radical (unpaired) electrons. The van der Waals surface area contributed by atoms with Gasteiger partial charge in [-0.25, -0.2) is 4.98 Å². The molecule has 2 aromatic rings. The molecule has 0 aliphatic carbocycles. The summed E-state index contributed by atoms with van der Waals surface area (Å²) in [5.41, 5.74) is 1.06. The number of aromatic nitrogens is 1. The van der Waals surface area contributed by atoms with Crippen LogP contribution in [0.15, 0.2) is 24.4 Å². The molecule has 3 nitrogen and oxygen atoms in total. The minimum absolute atomic E-state index is 0.717. The van der Waals surface area contributed by atoms with E-state index >= 15 is 0 Å². The molecule has 0 aliphatic heterocycles. The van der Waals surface area contributed by atoms with Crippen LogP contribution in [-0.2, 0) is 6.54 Å². The van der Waals surface area contributed by atoms with Crippen molar-refractivity contribution in [2.75, 3.05) is 19.1 Å². The standard InChI is InChI=1S/C13H15ClN2OS/c1-9-7-15-13(18-9)16(2)8-10-6-11(14)4-5-12(10)17-3/h4-7H,8H2,1-3H3. The predicted octanol–water partition coefficient (Wildman–Crippen LogP) is 3.75. The number of ether oxygens (including phenoxy) is 1. The highest BCUT2D eigenvalue weighted by Crippen LogP contribution is 2.27. The summed E-state index contributed by atoms with van der Waals surface area (Å²) in [6, 6.07) is 5.65. The number of aryl methyl sites for hydroxylation is 1. The van der Waals surface area contributed by atoms with Gasteiger partial charge in [-0.05, 0) is 25.1 Å². The zero-order chi connectivity index (χ0) is 13.1. The van der Waals surface area contributed by atoms with Crippen molar-refractivity contribution in [2.45, 2.75) is 13.5 Å². The third-order valence-electron chi connectivity index (χ3n) is 2.59. The Bertz CT molecular complexity index is 542. The quantitative estimate of drug-likeness (QED) is 0.854. The molecule has 0 bridgehead atoms. The molecule has 0 unspecified atom stereocenters. The van der Waals surface area contributed by atoms with E-state index in [4.69, 9.17) is 16.3 Å². The van der Waals surface area contributed by atoms with E-state index in [1.165, 1.54) is 4.88 Å². The average molecular weight is 283 g/mol. The van der Waals surface area contributed by atoms with Crippen LogP contribution in [0.1, 0.15) is 10.4 Å². The summed E-state index contributed by atoms with van der Waals surface area (Å²) < 4.78 is 5.34. The molecule has 0 spiro atoms. The van der Waals surface area contributed by atoms with Crippen molar-refractivity contribution in [1.29, 1.82) is 0 Å². The average Bonchev–Trinajstić information content (AvgIpc) is 2.76. The molecule has 1 aromatic carbocycles. The summed E-state index contributed by atoms with van der Waals surface area (Å²) in [5.74, 6) is 0.847. The van der Waals surface area contributed by atoms with Crippen molar-refractivity contribution in [2.24, 2.45) is 0 Å². The number of nitrogens with zero attached hydrogens (tertiary/aromatic N) is 2. The van der Waals surface area contributed by atoms with Crippen molar-refractivity contribution in [3.63, 3.8) is 0 Å². The summed E-state index contributed by atoms with van der Waals surface area (Å²) in [6.07, 6.45) is 1.88. The van der Waals surface area contributed by atoms with Crippen molar-refractivity contribution in [3.8, 4) is 5.75 Å². The van der Waals surface area contributed by atoms with Gasteiger partial charge in [-0.2, -0.15) is 0 Å². The van der Waals surface area contributed by atoms with Crippen LogP contribution in [0.25, 0.3) is 0 Å². The second kappa shape index (κ2) is 5.59. The van der Waals surface area contributed by atoms with Gasteiger partial charge in [0.15, 0.2) is 5.13 Å². The lowest BCUT2D eigenvalue weighted by Crippen LogP contribution is -2.16. The molecular formula is C13H15ClN2OS. The van der Waals surface area contributed by atoms with Gasteiger partial charge in [0.05, 0.1) is 7.11 Å². The van der Waals surface area contributed by atoms with Crippen LogP contribution >= 0.6 is 22.9 Å². The van der Waals surface area contributed by atoms with Crippen LogP contribution in [-0.4, -0.2) is 19.1 Å². The van der Waals surface area contributed by atoms with E-state index in [1.54, 1.807) is 18.4 Å². The highest BCUT2D eigenvalue weighted by atomic mass is 35.5. The summed E-state index contributed by atoms with van der Waals surface area (Å²) in [6.45, 7) is 2.77. The molecule has 0 saturated heterocycles. The number of hydrogen-bond acceptors (Lipinski definition) is 4. The van der Waals surface area contributed by atoms with Crippen molar-refractivity contribution < 1.29 is 4.74 Å². The van der Waals surface area contributed by atoms with E-state index in [0.717, 1.165) is 28.0 Å². The molecule has 0 atom stereocenters. The SMILES string of the molecule is COc1ccc(Cl)cc1CN(C)c1ncc(C)s1. The van der Waals surface area contributed by atoms with Gasteiger partial charge < -0.3 is 9.64 Å². The lowest BCUT2D eigenvalue weighted by atomic mass is 10.2. The van der Waals surface area contributed by atoms with Crippen molar-refractivity contribution in [1.82, 2.24) is 4.98 Å². The zero-order valence-electron chi connectivity index (χ0n) is 10.6. The first kappa shape index (κ1) is 13.2. The Hall–Kier alpha value is -1.26. The van der Waals surface area contributed by atoms with E-state index in [9.17, 15) is 0 Å². The Kier molecular flexibility index (Phi) is 4.09. The molecule has 96 valence electrons. The predicted molar refractivity (Wildman–Crippen MR) is 77.0 cm³/mol. The molecule has 0 saturated carbocycles. The van der Waals surface area contributed by atoms with Gasteiger partial charge in [0.25, 0.3) is 0 Å². The number of hydrogen-bond donors (Lipinski definition) is 0. The fourth-order valence-corrected chi connectivity index (χ4v) is 2.63. The molecule has 1 aromatic heterocycles. The van der Waals surface area contributed by atoms with Crippen LogP contribution in [0.4, 0.5) is 5.13 Å². The monoisotopic (exact) mass is 282 g/mol. The molecule has 18 heavy (non-hydrogen) atoms. The van der Waals surface area contributed by atoms with E-state index in [1.807, 2.05) is 31.4 Å². The maximum atomic E-state index is 6.02. The Morgan fingerprint density at radius 3 is 2.83 bits per heavy atom. The molecule has 0 aliphatic rings. The molecule has 5 heteroatoms. The van der Waals surface area contributed by atoms with Crippen molar-refractivity contribution in [3.05, 3.63) is 39.9 Å². The lowest BCUT2D eigenvalue weighted by molar-refractivity contribution is 0.409. The second-order valence-corrected chi connectivity index (χ2v) is 5.72. The van der Waals surface area contributed by atoms with E-state index in [0.29, 0.717) is 0 Å². The number of benzene rings is 1. The molecule has 0 fully saturated rings. The highest BCUT2D eigenvalue weighted by Gasteiger charge is 2.10. The van der Waals surface area contributed by atoms with Crippen molar-refractivity contribution >= 4 is 28.1 Å². The molecule has 2 rings (SSSR count). The number of rotatable bonds is 4. The highest BCUT2D eigenvalue weighted by molar-refractivity contribution is 7.15. The first-order valence-corrected chi connectivity index (χ1v) is 6.75. The van der Waals surface area contributed by atoms with Gasteiger partial charge in [0.1, 0.15) is 5.75 Å². The Labute approximate surface area is 116 Å². The van der Waals surface area contributed by atoms with E-state index in [-0.39, 0.29) is 0 Å². The van der Waals surface area contributed by atoms with Crippen LogP contribution in [0.3, 0.4) is 0 Å². The summed E-state index contributed by atoms with van der Waals surface area (Å²) in [7, 11) is 3.68.